The molecule has 2 nitrogen and oxygen atoms in total. The third-order valence-electron chi connectivity index (χ3n) is 5.57. The van der Waals surface area contributed by atoms with E-state index in [2.05, 4.69) is 53.7 Å². The van der Waals surface area contributed by atoms with Gasteiger partial charge in [-0.25, -0.2) is 0 Å². The molecule has 0 amide bonds. The van der Waals surface area contributed by atoms with Crippen molar-refractivity contribution in [1.29, 1.82) is 0 Å². The molecule has 114 valence electrons. The van der Waals surface area contributed by atoms with Crippen LogP contribution in [0.4, 0.5) is 0 Å². The molecule has 0 saturated heterocycles. The molecule has 0 aromatic carbocycles. The predicted molar refractivity (Wildman–Crippen MR) is 86.0 cm³/mol. The number of rotatable bonds is 5. The van der Waals surface area contributed by atoms with Crippen LogP contribution in [0.25, 0.3) is 0 Å². The van der Waals surface area contributed by atoms with E-state index in [1.165, 1.54) is 6.42 Å². The van der Waals surface area contributed by atoms with Crippen molar-refractivity contribution in [3.63, 3.8) is 0 Å². The SMILES string of the molecule is CC(C)[Si](OC(=O)C1CC2C=CC1C2)(C(C)C)C(C)C. The van der Waals surface area contributed by atoms with Crippen LogP contribution in [0, 0.1) is 17.8 Å². The van der Waals surface area contributed by atoms with Gasteiger partial charge in [0.15, 0.2) is 0 Å². The summed E-state index contributed by atoms with van der Waals surface area (Å²) in [6.45, 7) is 13.4. The Kier molecular flexibility index (Phi) is 4.48. The second-order valence-electron chi connectivity index (χ2n) is 7.63. The van der Waals surface area contributed by atoms with Crippen molar-refractivity contribution < 1.29 is 9.22 Å². The van der Waals surface area contributed by atoms with E-state index in [-0.39, 0.29) is 11.9 Å². The highest BCUT2D eigenvalue weighted by Gasteiger charge is 2.50. The molecule has 20 heavy (non-hydrogen) atoms. The second kappa shape index (κ2) is 5.67. The second-order valence-corrected chi connectivity index (χ2v) is 13.0. The molecule has 0 spiro atoms. The quantitative estimate of drug-likeness (QED) is 0.531. The first kappa shape index (κ1) is 15.8. The molecule has 2 bridgehead atoms. The van der Waals surface area contributed by atoms with Crippen LogP contribution in [-0.4, -0.2) is 14.3 Å². The molecule has 3 atom stereocenters. The maximum atomic E-state index is 12.7. The van der Waals surface area contributed by atoms with Crippen molar-refractivity contribution in [2.45, 2.75) is 71.0 Å². The maximum absolute atomic E-state index is 12.7. The average molecular weight is 295 g/mol. The van der Waals surface area contributed by atoms with Crippen LogP contribution < -0.4 is 0 Å². The summed E-state index contributed by atoms with van der Waals surface area (Å²) >= 11 is 0. The van der Waals surface area contributed by atoms with E-state index in [9.17, 15) is 4.79 Å². The van der Waals surface area contributed by atoms with Crippen LogP contribution in [0.15, 0.2) is 12.2 Å². The third kappa shape index (κ3) is 2.49. The Bertz CT molecular complexity index is 376. The molecule has 2 aliphatic carbocycles. The number of carbonyl (C=O) groups is 1. The summed E-state index contributed by atoms with van der Waals surface area (Å²) in [6.07, 6.45) is 6.70. The van der Waals surface area contributed by atoms with Crippen molar-refractivity contribution in [3.8, 4) is 0 Å². The summed E-state index contributed by atoms with van der Waals surface area (Å²) in [7, 11) is -2.06. The summed E-state index contributed by atoms with van der Waals surface area (Å²) in [5.41, 5.74) is 1.42. The molecule has 0 aromatic heterocycles. The molecule has 3 heteroatoms. The lowest BCUT2D eigenvalue weighted by Gasteiger charge is -2.42. The lowest BCUT2D eigenvalue weighted by Crippen LogP contribution is -2.50. The van der Waals surface area contributed by atoms with Gasteiger partial charge in [0, 0.05) is 0 Å². The van der Waals surface area contributed by atoms with Gasteiger partial charge in [-0.05, 0) is 41.3 Å². The minimum absolute atomic E-state index is 0.101. The molecule has 0 N–H and O–H groups in total. The zero-order valence-corrected chi connectivity index (χ0v) is 14.8. The summed E-state index contributed by atoms with van der Waals surface area (Å²) in [5.74, 6) is 1.31. The Morgan fingerprint density at radius 2 is 1.55 bits per heavy atom. The largest absolute Gasteiger partial charge is 0.518 e. The van der Waals surface area contributed by atoms with E-state index in [1.807, 2.05) is 0 Å². The summed E-state index contributed by atoms with van der Waals surface area (Å²) in [6, 6.07) is 0. The van der Waals surface area contributed by atoms with E-state index in [0.29, 0.717) is 28.5 Å². The normalized spacial score (nSPS) is 28.9. The molecule has 2 aliphatic rings. The molecule has 0 aliphatic heterocycles. The number of hydrogen-bond donors (Lipinski definition) is 0. The van der Waals surface area contributed by atoms with Crippen LogP contribution in [0.3, 0.4) is 0 Å². The molecule has 0 aromatic rings. The third-order valence-corrected chi connectivity index (χ3v) is 11.5. The number of fused-ring (bicyclic) bond motifs is 2. The Balaban J connectivity index is 2.16. The van der Waals surface area contributed by atoms with Gasteiger partial charge >= 0.3 is 0 Å². The standard InChI is InChI=1S/C17H30O2Si/c1-11(2)20(12(3)4,13(5)6)19-17(18)16-10-14-7-8-15(16)9-14/h7-8,11-16H,9-10H2,1-6H3. The number of hydrogen-bond acceptors (Lipinski definition) is 2. The van der Waals surface area contributed by atoms with E-state index in [1.54, 1.807) is 0 Å². The van der Waals surface area contributed by atoms with Gasteiger partial charge in [0.2, 0.25) is 0 Å². The highest BCUT2D eigenvalue weighted by molar-refractivity contribution is 6.78. The summed E-state index contributed by atoms with van der Waals surface area (Å²) in [4.78, 5) is 12.7. The van der Waals surface area contributed by atoms with Crippen LogP contribution in [0.5, 0.6) is 0 Å². The van der Waals surface area contributed by atoms with E-state index in [0.717, 1.165) is 6.42 Å². The monoisotopic (exact) mass is 294 g/mol. The fourth-order valence-electron chi connectivity index (χ4n) is 4.66. The summed E-state index contributed by atoms with van der Waals surface area (Å²) < 4.78 is 6.33. The Labute approximate surface area is 125 Å². The van der Waals surface area contributed by atoms with E-state index < -0.39 is 8.32 Å². The molecule has 0 heterocycles. The molecule has 1 fully saturated rings. The van der Waals surface area contributed by atoms with Crippen molar-refractivity contribution >= 4 is 14.3 Å². The fourth-order valence-corrected chi connectivity index (χ4v) is 9.86. The van der Waals surface area contributed by atoms with Gasteiger partial charge in [-0.2, -0.15) is 0 Å². The first-order valence-corrected chi connectivity index (χ1v) is 10.3. The first-order chi connectivity index (χ1) is 9.29. The van der Waals surface area contributed by atoms with Crippen LogP contribution >= 0.6 is 0 Å². The molecule has 0 radical (unpaired) electrons. The fraction of sp³-hybridized carbons (Fsp3) is 0.824. The highest BCUT2D eigenvalue weighted by Crippen LogP contribution is 2.47. The maximum Gasteiger partial charge on any atom is 0.296 e. The Hall–Kier alpha value is -0.573. The van der Waals surface area contributed by atoms with Gasteiger partial charge in [-0.3, -0.25) is 4.79 Å². The number of allylic oxidation sites excluding steroid dienone is 2. The zero-order chi connectivity index (χ0) is 15.1. The van der Waals surface area contributed by atoms with Gasteiger partial charge in [0.25, 0.3) is 14.3 Å². The lowest BCUT2D eigenvalue weighted by atomic mass is 9.94. The van der Waals surface area contributed by atoms with Gasteiger partial charge in [-0.15, -0.1) is 0 Å². The van der Waals surface area contributed by atoms with Crippen LogP contribution in [0.2, 0.25) is 16.6 Å². The minimum atomic E-state index is -2.06. The van der Waals surface area contributed by atoms with Crippen molar-refractivity contribution in [2.24, 2.45) is 17.8 Å². The van der Waals surface area contributed by atoms with Gasteiger partial charge in [0.1, 0.15) is 0 Å². The zero-order valence-electron chi connectivity index (χ0n) is 13.8. The van der Waals surface area contributed by atoms with Crippen molar-refractivity contribution in [2.75, 3.05) is 0 Å². The van der Waals surface area contributed by atoms with E-state index >= 15 is 0 Å². The van der Waals surface area contributed by atoms with Gasteiger partial charge in [-0.1, -0.05) is 53.7 Å². The topological polar surface area (TPSA) is 26.3 Å². The van der Waals surface area contributed by atoms with Crippen molar-refractivity contribution in [1.82, 2.24) is 0 Å². The highest BCUT2D eigenvalue weighted by atomic mass is 28.4. The minimum Gasteiger partial charge on any atom is -0.518 e. The first-order valence-electron chi connectivity index (χ1n) is 8.20. The van der Waals surface area contributed by atoms with Crippen LogP contribution in [-0.2, 0) is 9.22 Å². The van der Waals surface area contributed by atoms with Crippen LogP contribution in [0.1, 0.15) is 54.4 Å². The number of carbonyl (C=O) groups excluding carboxylic acids is 1. The Morgan fingerprint density at radius 1 is 1.00 bits per heavy atom. The molecular weight excluding hydrogens is 264 g/mol. The Morgan fingerprint density at radius 3 is 1.90 bits per heavy atom. The molecular formula is C17H30O2Si. The van der Waals surface area contributed by atoms with Gasteiger partial charge in [0.05, 0.1) is 5.92 Å². The molecule has 2 rings (SSSR count). The summed E-state index contributed by atoms with van der Waals surface area (Å²) in [5, 5.41) is 0. The molecule has 1 saturated carbocycles. The smallest absolute Gasteiger partial charge is 0.296 e. The van der Waals surface area contributed by atoms with E-state index in [4.69, 9.17) is 4.43 Å². The van der Waals surface area contributed by atoms with Crippen molar-refractivity contribution in [3.05, 3.63) is 12.2 Å². The molecule has 3 unspecified atom stereocenters. The van der Waals surface area contributed by atoms with Gasteiger partial charge < -0.3 is 4.43 Å². The predicted octanol–water partition coefficient (Wildman–Crippen LogP) is 4.92. The lowest BCUT2D eigenvalue weighted by molar-refractivity contribution is -0.141. The average Bonchev–Trinajstić information content (AvgIpc) is 2.96.